The molecule has 8 heteroatoms. The molecule has 34 heavy (non-hydrogen) atoms. The number of carbonyl (C=O) groups excluding carboxylic acids is 1. The number of benzene rings is 3. The number of carbonyl (C=O) groups is 1. The number of rotatable bonds is 10. The number of fused-ring (bicyclic) bond motifs is 1. The predicted molar refractivity (Wildman–Crippen MR) is 129 cm³/mol. The second-order valence-electron chi connectivity index (χ2n) is 8.14. The maximum absolute atomic E-state index is 13.5. The molecule has 0 aliphatic heterocycles. The van der Waals surface area contributed by atoms with Crippen LogP contribution >= 0.6 is 0 Å². The van der Waals surface area contributed by atoms with Crippen LogP contribution in [0.25, 0.3) is 10.8 Å². The van der Waals surface area contributed by atoms with Gasteiger partial charge in [0.1, 0.15) is 11.6 Å². The van der Waals surface area contributed by atoms with E-state index in [1.807, 2.05) is 27.7 Å². The van der Waals surface area contributed by atoms with Crippen molar-refractivity contribution in [1.82, 2.24) is 14.5 Å². The zero-order chi connectivity index (χ0) is 23.9. The quantitative estimate of drug-likeness (QED) is 0.336. The number of anilines is 1. The molecule has 0 fully saturated rings. The Morgan fingerprint density at radius 3 is 2.76 bits per heavy atom. The van der Waals surface area contributed by atoms with Gasteiger partial charge >= 0.3 is 0 Å². The van der Waals surface area contributed by atoms with Crippen LogP contribution in [0.3, 0.4) is 0 Å². The average molecular weight is 463 g/mol. The Hall–Kier alpha value is -3.75. The van der Waals surface area contributed by atoms with Gasteiger partial charge < -0.3 is 20.1 Å². The van der Waals surface area contributed by atoms with Crippen molar-refractivity contribution in [3.8, 4) is 5.75 Å². The minimum Gasteiger partial charge on any atom is -0.508 e. The van der Waals surface area contributed by atoms with E-state index in [4.69, 9.17) is 0 Å². The van der Waals surface area contributed by atoms with Crippen molar-refractivity contribution >= 4 is 22.4 Å². The SMILES string of the molecule is O=C(CN(CCO)CCn1cncc1Cc1cccc(F)c1)Nc1cccc2ccc(O)cc12. The first-order valence-electron chi connectivity index (χ1n) is 11.1. The van der Waals surface area contributed by atoms with Crippen molar-refractivity contribution in [3.05, 3.63) is 90.3 Å². The number of phenolic OH excluding ortho intramolecular Hbond substituents is 1. The van der Waals surface area contributed by atoms with E-state index < -0.39 is 0 Å². The lowest BCUT2D eigenvalue weighted by molar-refractivity contribution is -0.117. The minimum absolute atomic E-state index is 0.0739. The molecule has 4 rings (SSSR count). The minimum atomic E-state index is -0.273. The smallest absolute Gasteiger partial charge is 0.238 e. The summed E-state index contributed by atoms with van der Waals surface area (Å²) < 4.78 is 15.5. The fourth-order valence-electron chi connectivity index (χ4n) is 3.98. The first-order valence-corrected chi connectivity index (χ1v) is 11.1. The molecule has 1 heterocycles. The van der Waals surface area contributed by atoms with E-state index in [-0.39, 0.29) is 30.6 Å². The maximum Gasteiger partial charge on any atom is 0.238 e. The molecule has 1 aromatic heterocycles. The van der Waals surface area contributed by atoms with Crippen LogP contribution in [0, 0.1) is 5.82 Å². The molecular weight excluding hydrogens is 435 g/mol. The number of halogens is 1. The molecule has 4 aromatic rings. The number of aromatic hydroxyl groups is 1. The third-order valence-electron chi connectivity index (χ3n) is 5.65. The third-order valence-corrected chi connectivity index (χ3v) is 5.65. The molecule has 0 atom stereocenters. The topological polar surface area (TPSA) is 90.6 Å². The van der Waals surface area contributed by atoms with Gasteiger partial charge in [0, 0.05) is 49.0 Å². The Morgan fingerprint density at radius 1 is 1.09 bits per heavy atom. The number of nitrogens with zero attached hydrogens (tertiary/aromatic N) is 3. The highest BCUT2D eigenvalue weighted by molar-refractivity contribution is 6.03. The van der Waals surface area contributed by atoms with Crippen molar-refractivity contribution < 1.29 is 19.4 Å². The standard InChI is InChI=1S/C26H27FN4O3/c27-21-5-1-3-19(13-21)14-22-16-28-18-31(22)10-9-30(11-12-32)17-26(34)29-25-6-2-4-20-7-8-23(33)15-24(20)25/h1-8,13,15-16,18,32-33H,9-12,14,17H2,(H,29,34). The van der Waals surface area contributed by atoms with Crippen molar-refractivity contribution in [3.63, 3.8) is 0 Å². The summed E-state index contributed by atoms with van der Waals surface area (Å²) in [7, 11) is 0. The normalized spacial score (nSPS) is 11.3. The van der Waals surface area contributed by atoms with Crippen LogP contribution < -0.4 is 5.32 Å². The van der Waals surface area contributed by atoms with Gasteiger partial charge in [-0.15, -0.1) is 0 Å². The number of aliphatic hydroxyl groups excluding tert-OH is 1. The number of aliphatic hydroxyl groups is 1. The lowest BCUT2D eigenvalue weighted by Crippen LogP contribution is -2.37. The number of nitrogens with one attached hydrogen (secondary N) is 1. The van der Waals surface area contributed by atoms with Crippen molar-refractivity contribution in [1.29, 1.82) is 0 Å². The molecule has 0 saturated carbocycles. The van der Waals surface area contributed by atoms with Gasteiger partial charge in [-0.2, -0.15) is 0 Å². The average Bonchev–Trinajstić information content (AvgIpc) is 3.25. The van der Waals surface area contributed by atoms with Gasteiger partial charge in [-0.3, -0.25) is 9.69 Å². The van der Waals surface area contributed by atoms with E-state index in [2.05, 4.69) is 10.3 Å². The Morgan fingerprint density at radius 2 is 1.94 bits per heavy atom. The van der Waals surface area contributed by atoms with Crippen LogP contribution in [0.2, 0.25) is 0 Å². The zero-order valence-corrected chi connectivity index (χ0v) is 18.7. The van der Waals surface area contributed by atoms with Crippen molar-refractivity contribution in [2.75, 3.05) is 31.6 Å². The second kappa shape index (κ2) is 10.9. The van der Waals surface area contributed by atoms with E-state index >= 15 is 0 Å². The summed E-state index contributed by atoms with van der Waals surface area (Å²) in [6.45, 7) is 1.47. The molecule has 3 N–H and O–H groups in total. The molecule has 176 valence electrons. The largest absolute Gasteiger partial charge is 0.508 e. The molecule has 0 spiro atoms. The highest BCUT2D eigenvalue weighted by atomic mass is 19.1. The second-order valence-corrected chi connectivity index (χ2v) is 8.14. The van der Waals surface area contributed by atoms with Gasteiger partial charge in [-0.05, 0) is 41.3 Å². The van der Waals surface area contributed by atoms with E-state index in [0.717, 1.165) is 22.0 Å². The first kappa shape index (κ1) is 23.4. The van der Waals surface area contributed by atoms with Crippen molar-refractivity contribution in [2.24, 2.45) is 0 Å². The molecule has 0 aliphatic rings. The van der Waals surface area contributed by atoms with Gasteiger partial charge in [-0.1, -0.05) is 30.3 Å². The summed E-state index contributed by atoms with van der Waals surface area (Å²) in [5, 5.41) is 23.9. The Labute approximate surface area is 197 Å². The summed E-state index contributed by atoms with van der Waals surface area (Å²) in [6, 6.07) is 17.1. The van der Waals surface area contributed by atoms with E-state index in [9.17, 15) is 19.4 Å². The van der Waals surface area contributed by atoms with Crippen molar-refractivity contribution in [2.45, 2.75) is 13.0 Å². The van der Waals surface area contributed by atoms with Crippen LogP contribution in [-0.4, -0.2) is 56.8 Å². The Bertz CT molecular complexity index is 1270. The molecule has 3 aromatic carbocycles. The Kier molecular flexibility index (Phi) is 7.51. The van der Waals surface area contributed by atoms with E-state index in [1.165, 1.54) is 12.1 Å². The van der Waals surface area contributed by atoms with Gasteiger partial charge in [0.25, 0.3) is 0 Å². The monoisotopic (exact) mass is 462 g/mol. The number of aromatic nitrogens is 2. The summed E-state index contributed by atoms with van der Waals surface area (Å²) in [4.78, 5) is 18.9. The zero-order valence-electron chi connectivity index (χ0n) is 18.7. The number of amides is 1. The highest BCUT2D eigenvalue weighted by Crippen LogP contribution is 2.27. The fourth-order valence-corrected chi connectivity index (χ4v) is 3.98. The molecule has 0 bridgehead atoms. The van der Waals surface area contributed by atoms with Crippen LogP contribution in [0.4, 0.5) is 10.1 Å². The van der Waals surface area contributed by atoms with Gasteiger partial charge in [0.15, 0.2) is 0 Å². The molecular formula is C26H27FN4O3. The number of hydrogen-bond donors (Lipinski definition) is 3. The van der Waals surface area contributed by atoms with Crippen LogP contribution in [0.1, 0.15) is 11.3 Å². The Balaban J connectivity index is 1.39. The molecule has 0 radical (unpaired) electrons. The van der Waals surface area contributed by atoms with Crippen LogP contribution in [-0.2, 0) is 17.8 Å². The lowest BCUT2D eigenvalue weighted by atomic mass is 10.1. The lowest BCUT2D eigenvalue weighted by Gasteiger charge is -2.22. The van der Waals surface area contributed by atoms with E-state index in [1.54, 1.807) is 42.9 Å². The van der Waals surface area contributed by atoms with Gasteiger partial charge in [0.2, 0.25) is 5.91 Å². The summed E-state index contributed by atoms with van der Waals surface area (Å²) in [5.74, 6) is -0.356. The summed E-state index contributed by atoms with van der Waals surface area (Å²) in [5.41, 5.74) is 2.42. The molecule has 0 unspecified atom stereocenters. The van der Waals surface area contributed by atoms with Crippen LogP contribution in [0.5, 0.6) is 5.75 Å². The van der Waals surface area contributed by atoms with Gasteiger partial charge in [0.05, 0.1) is 19.5 Å². The molecule has 1 amide bonds. The summed E-state index contributed by atoms with van der Waals surface area (Å²) in [6.07, 6.45) is 4.02. The van der Waals surface area contributed by atoms with E-state index in [0.29, 0.717) is 31.7 Å². The first-order chi connectivity index (χ1) is 16.5. The molecule has 0 aliphatic carbocycles. The highest BCUT2D eigenvalue weighted by Gasteiger charge is 2.13. The number of hydrogen-bond acceptors (Lipinski definition) is 5. The molecule has 0 saturated heterocycles. The predicted octanol–water partition coefficient (Wildman–Crippen LogP) is 3.40. The summed E-state index contributed by atoms with van der Waals surface area (Å²) >= 11 is 0. The number of imidazole rings is 1. The van der Waals surface area contributed by atoms with Gasteiger partial charge in [-0.25, -0.2) is 9.37 Å². The number of phenols is 1. The van der Waals surface area contributed by atoms with Crippen LogP contribution in [0.15, 0.2) is 73.2 Å². The molecule has 7 nitrogen and oxygen atoms in total. The maximum atomic E-state index is 13.5. The third kappa shape index (κ3) is 5.98. The fraction of sp³-hybridized carbons (Fsp3) is 0.231.